The van der Waals surface area contributed by atoms with Gasteiger partial charge in [0.2, 0.25) is 0 Å². The standard InChI is InChI=1S/C13H19N3O2S/c1-9(2)4-6-17-12-13(15-19-14-12)18-11-8-16-5-3-10(11)7-16/h4,10-11H,3,5-8H2,1-2H3. The van der Waals surface area contributed by atoms with E-state index in [4.69, 9.17) is 9.47 Å². The highest BCUT2D eigenvalue weighted by molar-refractivity contribution is 6.99. The summed E-state index contributed by atoms with van der Waals surface area (Å²) in [6.07, 6.45) is 3.51. The summed E-state index contributed by atoms with van der Waals surface area (Å²) in [7, 11) is 0. The second-order valence-electron chi connectivity index (χ2n) is 5.43. The summed E-state index contributed by atoms with van der Waals surface area (Å²) in [5, 5.41) is 0. The predicted molar refractivity (Wildman–Crippen MR) is 73.8 cm³/mol. The molecule has 0 aromatic carbocycles. The Bertz CT molecular complexity index is 470. The van der Waals surface area contributed by atoms with Gasteiger partial charge in [-0.25, -0.2) is 0 Å². The van der Waals surface area contributed by atoms with Crippen molar-refractivity contribution >= 4 is 11.7 Å². The second kappa shape index (κ2) is 5.46. The van der Waals surface area contributed by atoms with Gasteiger partial charge in [-0.15, -0.1) is 8.75 Å². The minimum absolute atomic E-state index is 0.253. The average Bonchev–Trinajstić information content (AvgIpc) is 3.06. The van der Waals surface area contributed by atoms with Gasteiger partial charge < -0.3 is 9.47 Å². The van der Waals surface area contributed by atoms with Gasteiger partial charge in [0, 0.05) is 19.0 Å². The van der Waals surface area contributed by atoms with Crippen LogP contribution in [0, 0.1) is 5.92 Å². The van der Waals surface area contributed by atoms with E-state index in [-0.39, 0.29) is 6.10 Å². The first-order valence-corrected chi connectivity index (χ1v) is 7.43. The first-order valence-electron chi connectivity index (χ1n) is 6.70. The van der Waals surface area contributed by atoms with E-state index in [2.05, 4.69) is 13.6 Å². The van der Waals surface area contributed by atoms with Crippen LogP contribution in [0.15, 0.2) is 11.6 Å². The zero-order valence-corrected chi connectivity index (χ0v) is 12.2. The first kappa shape index (κ1) is 12.9. The molecule has 0 saturated carbocycles. The van der Waals surface area contributed by atoms with Gasteiger partial charge in [-0.3, -0.25) is 4.90 Å². The SMILES string of the molecule is CC(C)=CCOc1nsnc1OC1CN2CCC1C2. The summed E-state index contributed by atoms with van der Waals surface area (Å²) in [4.78, 5) is 2.44. The Morgan fingerprint density at radius 1 is 1.37 bits per heavy atom. The van der Waals surface area contributed by atoms with Crippen molar-refractivity contribution in [2.24, 2.45) is 5.92 Å². The van der Waals surface area contributed by atoms with E-state index >= 15 is 0 Å². The summed E-state index contributed by atoms with van der Waals surface area (Å²) in [5.41, 5.74) is 1.23. The summed E-state index contributed by atoms with van der Waals surface area (Å²) in [6.45, 7) is 7.99. The van der Waals surface area contributed by atoms with E-state index in [9.17, 15) is 0 Å². The number of hydrogen-bond donors (Lipinski definition) is 0. The van der Waals surface area contributed by atoms with Gasteiger partial charge in [0.15, 0.2) is 0 Å². The fourth-order valence-electron chi connectivity index (χ4n) is 2.63. The average molecular weight is 281 g/mol. The molecule has 2 saturated heterocycles. The van der Waals surface area contributed by atoms with Gasteiger partial charge in [-0.1, -0.05) is 5.57 Å². The fourth-order valence-corrected chi connectivity index (χ4v) is 3.07. The lowest BCUT2D eigenvalue weighted by Crippen LogP contribution is -2.32. The molecule has 2 bridgehead atoms. The maximum absolute atomic E-state index is 5.99. The fraction of sp³-hybridized carbons (Fsp3) is 0.692. The Morgan fingerprint density at radius 3 is 2.89 bits per heavy atom. The van der Waals surface area contributed by atoms with Crippen molar-refractivity contribution in [1.82, 2.24) is 13.6 Å². The van der Waals surface area contributed by atoms with Gasteiger partial charge in [0.25, 0.3) is 11.8 Å². The van der Waals surface area contributed by atoms with Crippen molar-refractivity contribution in [1.29, 1.82) is 0 Å². The van der Waals surface area contributed by atoms with E-state index in [1.807, 2.05) is 19.9 Å². The highest BCUT2D eigenvalue weighted by Crippen LogP contribution is 2.33. The topological polar surface area (TPSA) is 47.5 Å². The van der Waals surface area contributed by atoms with E-state index in [1.54, 1.807) is 0 Å². The lowest BCUT2D eigenvalue weighted by molar-refractivity contribution is 0.130. The lowest BCUT2D eigenvalue weighted by atomic mass is 10.0. The third-order valence-electron chi connectivity index (χ3n) is 3.68. The number of aromatic nitrogens is 2. The van der Waals surface area contributed by atoms with Crippen molar-refractivity contribution in [2.45, 2.75) is 26.4 Å². The molecular formula is C13H19N3O2S. The van der Waals surface area contributed by atoms with Crippen molar-refractivity contribution < 1.29 is 9.47 Å². The number of fused-ring (bicyclic) bond motifs is 2. The molecule has 19 heavy (non-hydrogen) atoms. The molecule has 6 heteroatoms. The van der Waals surface area contributed by atoms with Crippen molar-refractivity contribution in [3.8, 4) is 11.8 Å². The molecule has 0 amide bonds. The lowest BCUT2D eigenvalue weighted by Gasteiger charge is -2.22. The molecule has 0 N–H and O–H groups in total. The molecule has 3 atom stereocenters. The normalized spacial score (nSPS) is 28.4. The maximum atomic E-state index is 5.99. The highest BCUT2D eigenvalue weighted by atomic mass is 32.1. The molecule has 2 aliphatic rings. The molecule has 3 unspecified atom stereocenters. The largest absolute Gasteiger partial charge is 0.469 e. The summed E-state index contributed by atoms with van der Waals surface area (Å²) in [6, 6.07) is 0. The molecule has 3 rings (SSSR count). The number of rotatable bonds is 5. The monoisotopic (exact) mass is 281 g/mol. The van der Waals surface area contributed by atoms with Gasteiger partial charge in [0.05, 0.1) is 11.7 Å². The summed E-state index contributed by atoms with van der Waals surface area (Å²) >= 11 is 1.14. The molecule has 3 heterocycles. The van der Waals surface area contributed by atoms with Crippen molar-refractivity contribution in [3.63, 3.8) is 0 Å². The molecular weight excluding hydrogens is 262 g/mol. The van der Waals surface area contributed by atoms with Crippen molar-refractivity contribution in [3.05, 3.63) is 11.6 Å². The van der Waals surface area contributed by atoms with Crippen LogP contribution in [0.2, 0.25) is 0 Å². The van der Waals surface area contributed by atoms with Crippen LogP contribution in [0.5, 0.6) is 11.8 Å². The molecule has 104 valence electrons. The quantitative estimate of drug-likeness (QED) is 0.772. The van der Waals surface area contributed by atoms with Crippen LogP contribution in [0.3, 0.4) is 0 Å². The van der Waals surface area contributed by atoms with Gasteiger partial charge in [-0.05, 0) is 32.9 Å². The Morgan fingerprint density at radius 2 is 2.21 bits per heavy atom. The Labute approximate surface area is 117 Å². The minimum atomic E-state index is 0.253. The highest BCUT2D eigenvalue weighted by Gasteiger charge is 2.40. The molecule has 5 nitrogen and oxygen atoms in total. The summed E-state index contributed by atoms with van der Waals surface area (Å²) < 4.78 is 20.0. The van der Waals surface area contributed by atoms with Crippen LogP contribution < -0.4 is 9.47 Å². The predicted octanol–water partition coefficient (Wildman–Crippen LogP) is 1.97. The molecule has 1 aromatic rings. The van der Waals surface area contributed by atoms with Crippen molar-refractivity contribution in [2.75, 3.05) is 26.2 Å². The van der Waals surface area contributed by atoms with E-state index in [0.29, 0.717) is 24.3 Å². The first-order chi connectivity index (χ1) is 9.22. The van der Waals surface area contributed by atoms with Gasteiger partial charge in [0.1, 0.15) is 12.7 Å². The van der Waals surface area contributed by atoms with E-state index < -0.39 is 0 Å². The van der Waals surface area contributed by atoms with Gasteiger partial charge >= 0.3 is 0 Å². The third-order valence-corrected chi connectivity index (χ3v) is 4.17. The zero-order chi connectivity index (χ0) is 13.2. The Kier molecular flexibility index (Phi) is 3.70. The van der Waals surface area contributed by atoms with Crippen LogP contribution in [0.4, 0.5) is 0 Å². The zero-order valence-electron chi connectivity index (χ0n) is 11.3. The molecule has 2 fully saturated rings. The second-order valence-corrected chi connectivity index (χ2v) is 5.96. The summed E-state index contributed by atoms with van der Waals surface area (Å²) in [5.74, 6) is 1.73. The van der Waals surface area contributed by atoms with Crippen LogP contribution in [0.25, 0.3) is 0 Å². The number of ether oxygens (including phenoxy) is 2. The Balaban J connectivity index is 1.59. The van der Waals surface area contributed by atoms with Crippen LogP contribution >= 0.6 is 11.7 Å². The number of allylic oxidation sites excluding steroid dienone is 1. The van der Waals surface area contributed by atoms with Gasteiger partial charge in [-0.2, -0.15) is 0 Å². The number of nitrogens with zero attached hydrogens (tertiary/aromatic N) is 3. The molecule has 0 radical (unpaired) electrons. The van der Waals surface area contributed by atoms with Crippen LogP contribution in [-0.4, -0.2) is 46.0 Å². The molecule has 1 aromatic heterocycles. The molecule has 0 aliphatic carbocycles. The number of hydrogen-bond acceptors (Lipinski definition) is 6. The third kappa shape index (κ3) is 2.90. The molecule has 0 spiro atoms. The van der Waals surface area contributed by atoms with E-state index in [0.717, 1.165) is 24.8 Å². The van der Waals surface area contributed by atoms with Crippen LogP contribution in [-0.2, 0) is 0 Å². The number of piperidine rings is 1. The minimum Gasteiger partial charge on any atom is -0.469 e. The smallest absolute Gasteiger partial charge is 0.291 e. The maximum Gasteiger partial charge on any atom is 0.291 e. The van der Waals surface area contributed by atoms with E-state index in [1.165, 1.54) is 18.5 Å². The van der Waals surface area contributed by atoms with Crippen LogP contribution in [0.1, 0.15) is 20.3 Å². The molecule has 2 aliphatic heterocycles. The Hall–Kier alpha value is -1.14.